The van der Waals surface area contributed by atoms with Crippen LogP contribution in [0.3, 0.4) is 0 Å². The van der Waals surface area contributed by atoms with Crippen molar-refractivity contribution in [2.75, 3.05) is 6.54 Å². The van der Waals surface area contributed by atoms with Crippen LogP contribution in [0.25, 0.3) is 0 Å². The van der Waals surface area contributed by atoms with Crippen molar-refractivity contribution < 1.29 is 28.1 Å². The molecule has 0 aliphatic heterocycles. The average Bonchev–Trinajstić information content (AvgIpc) is 2.28. The molecule has 0 spiro atoms. The first-order valence-corrected chi connectivity index (χ1v) is 5.26. The molecule has 18 heavy (non-hydrogen) atoms. The van der Waals surface area contributed by atoms with Gasteiger partial charge in [0.2, 0.25) is 0 Å². The van der Waals surface area contributed by atoms with Gasteiger partial charge in [0.25, 0.3) is 0 Å². The lowest BCUT2D eigenvalue weighted by molar-refractivity contribution is -0.0545. The van der Waals surface area contributed by atoms with Crippen molar-refractivity contribution in [1.82, 2.24) is 0 Å². The molecule has 4 N–H and O–H groups in total. The lowest BCUT2D eigenvalue weighted by Gasteiger charge is -2.20. The van der Waals surface area contributed by atoms with Gasteiger partial charge >= 0.3 is 6.61 Å². The van der Waals surface area contributed by atoms with Crippen molar-refractivity contribution in [3.8, 4) is 5.75 Å². The molecule has 0 aliphatic rings. The van der Waals surface area contributed by atoms with E-state index in [9.17, 15) is 23.4 Å². The first-order chi connectivity index (χ1) is 8.47. The summed E-state index contributed by atoms with van der Waals surface area (Å²) >= 11 is 0. The fraction of sp³-hybridized carbons (Fsp3) is 0.455. The lowest BCUT2D eigenvalue weighted by Crippen LogP contribution is -2.23. The Bertz CT molecular complexity index is 390. The summed E-state index contributed by atoms with van der Waals surface area (Å²) in [5.41, 5.74) is 4.68. The van der Waals surface area contributed by atoms with E-state index in [0.717, 1.165) is 12.1 Å². The molecule has 2 atom stereocenters. The second-order valence-corrected chi connectivity index (χ2v) is 3.62. The van der Waals surface area contributed by atoms with Crippen LogP contribution in [0.15, 0.2) is 18.2 Å². The minimum absolute atomic E-state index is 0.00359. The van der Waals surface area contributed by atoms with E-state index < -0.39 is 35.9 Å². The minimum Gasteiger partial charge on any atom is -0.434 e. The Kier molecular flexibility index (Phi) is 5.39. The van der Waals surface area contributed by atoms with Crippen LogP contribution in [0.5, 0.6) is 5.75 Å². The minimum atomic E-state index is -3.15. The zero-order chi connectivity index (χ0) is 13.7. The van der Waals surface area contributed by atoms with E-state index in [1.807, 2.05) is 0 Å². The van der Waals surface area contributed by atoms with E-state index >= 15 is 0 Å². The van der Waals surface area contributed by atoms with Gasteiger partial charge in [0, 0.05) is 0 Å². The maximum atomic E-state index is 13.5. The fourth-order valence-electron chi connectivity index (χ4n) is 1.52. The quantitative estimate of drug-likeness (QED) is 0.721. The molecule has 7 heteroatoms. The Morgan fingerprint density at radius 3 is 2.50 bits per heavy atom. The normalized spacial score (nSPS) is 14.6. The first kappa shape index (κ1) is 14.7. The molecule has 1 aromatic carbocycles. The van der Waals surface area contributed by atoms with Crippen LogP contribution in [-0.4, -0.2) is 29.5 Å². The summed E-state index contributed by atoms with van der Waals surface area (Å²) in [4.78, 5) is 0. The summed E-state index contributed by atoms with van der Waals surface area (Å²) in [6, 6.07) is 3.23. The third-order valence-electron chi connectivity index (χ3n) is 2.35. The van der Waals surface area contributed by atoms with Crippen LogP contribution in [0.1, 0.15) is 18.1 Å². The van der Waals surface area contributed by atoms with Gasteiger partial charge in [-0.1, -0.05) is 6.07 Å². The van der Waals surface area contributed by atoms with Crippen molar-refractivity contribution in [2.45, 2.75) is 25.2 Å². The van der Waals surface area contributed by atoms with Gasteiger partial charge in [-0.25, -0.2) is 4.39 Å². The van der Waals surface area contributed by atoms with Crippen molar-refractivity contribution in [2.24, 2.45) is 5.73 Å². The number of alkyl halides is 2. The second-order valence-electron chi connectivity index (χ2n) is 3.62. The zero-order valence-electron chi connectivity index (χ0n) is 9.39. The van der Waals surface area contributed by atoms with Gasteiger partial charge in [0.05, 0.1) is 11.7 Å². The summed E-state index contributed by atoms with van der Waals surface area (Å²) in [7, 11) is 0. The summed E-state index contributed by atoms with van der Waals surface area (Å²) in [5, 5.41) is 19.2. The maximum absolute atomic E-state index is 13.5. The predicted molar refractivity (Wildman–Crippen MR) is 57.7 cm³/mol. The van der Waals surface area contributed by atoms with E-state index in [-0.39, 0.29) is 13.0 Å². The molecular formula is C11H14F3NO3. The Morgan fingerprint density at radius 1 is 1.28 bits per heavy atom. The molecule has 1 rings (SSSR count). The molecule has 0 amide bonds. The van der Waals surface area contributed by atoms with Crippen LogP contribution in [0, 0.1) is 5.82 Å². The number of ether oxygens (including phenoxy) is 1. The van der Waals surface area contributed by atoms with Gasteiger partial charge in [-0.05, 0) is 25.1 Å². The van der Waals surface area contributed by atoms with Gasteiger partial charge in [-0.15, -0.1) is 0 Å². The Morgan fingerprint density at radius 2 is 1.94 bits per heavy atom. The molecule has 0 radical (unpaired) electrons. The summed E-state index contributed by atoms with van der Waals surface area (Å²) in [6.45, 7) is -3.08. The van der Waals surface area contributed by atoms with E-state index in [1.165, 1.54) is 6.07 Å². The topological polar surface area (TPSA) is 75.7 Å². The Labute approximate surface area is 102 Å². The van der Waals surface area contributed by atoms with E-state index in [0.29, 0.717) is 0 Å². The zero-order valence-corrected chi connectivity index (χ0v) is 9.39. The highest BCUT2D eigenvalue weighted by atomic mass is 19.3. The predicted octanol–water partition coefficient (Wildman–Crippen LogP) is 1.17. The monoisotopic (exact) mass is 265 g/mol. The van der Waals surface area contributed by atoms with Crippen LogP contribution < -0.4 is 10.5 Å². The van der Waals surface area contributed by atoms with Crippen LogP contribution in [0.4, 0.5) is 13.2 Å². The van der Waals surface area contributed by atoms with Crippen molar-refractivity contribution >= 4 is 0 Å². The van der Waals surface area contributed by atoms with Gasteiger partial charge in [-0.3, -0.25) is 0 Å². The number of hydrogen-bond donors (Lipinski definition) is 3. The highest BCUT2D eigenvalue weighted by molar-refractivity contribution is 5.37. The summed E-state index contributed by atoms with van der Waals surface area (Å²) < 4.78 is 41.9. The third kappa shape index (κ3) is 3.59. The lowest BCUT2D eigenvalue weighted by atomic mass is 10.0. The molecule has 1 aromatic rings. The summed E-state index contributed by atoms with van der Waals surface area (Å²) in [6.07, 6.45) is -3.03. The molecule has 2 unspecified atom stereocenters. The van der Waals surface area contributed by atoms with Gasteiger partial charge in [-0.2, -0.15) is 8.78 Å². The molecule has 0 saturated heterocycles. The molecule has 0 saturated carbocycles. The molecular weight excluding hydrogens is 251 g/mol. The molecule has 102 valence electrons. The van der Waals surface area contributed by atoms with E-state index in [2.05, 4.69) is 4.74 Å². The molecule has 0 aliphatic carbocycles. The fourth-order valence-corrected chi connectivity index (χ4v) is 1.52. The number of rotatable bonds is 6. The number of aliphatic hydroxyl groups excluding tert-OH is 2. The third-order valence-corrected chi connectivity index (χ3v) is 2.35. The van der Waals surface area contributed by atoms with Gasteiger partial charge in [0.1, 0.15) is 17.7 Å². The number of halogens is 3. The van der Waals surface area contributed by atoms with E-state index in [4.69, 9.17) is 5.73 Å². The molecule has 0 heterocycles. The number of nitrogens with two attached hydrogens (primary N) is 1. The molecule has 4 nitrogen and oxygen atoms in total. The number of aliphatic hydroxyl groups is 2. The SMILES string of the molecule is NCCC(O)C(O)c1c(F)cccc1OC(F)F. The number of hydrogen-bond acceptors (Lipinski definition) is 4. The molecule has 0 aromatic heterocycles. The standard InChI is InChI=1S/C11H14F3NO3/c12-6-2-1-3-8(18-11(13)14)9(6)10(17)7(16)4-5-15/h1-3,7,10-11,16-17H,4-5,15H2. The van der Waals surface area contributed by atoms with Crippen molar-refractivity contribution in [3.63, 3.8) is 0 Å². The molecule has 0 bridgehead atoms. The second kappa shape index (κ2) is 6.58. The van der Waals surface area contributed by atoms with Gasteiger partial charge < -0.3 is 20.7 Å². The summed E-state index contributed by atoms with van der Waals surface area (Å²) in [5.74, 6) is -1.44. The highest BCUT2D eigenvalue weighted by Gasteiger charge is 2.26. The van der Waals surface area contributed by atoms with Crippen molar-refractivity contribution in [1.29, 1.82) is 0 Å². The Hall–Kier alpha value is -1.31. The maximum Gasteiger partial charge on any atom is 0.387 e. The smallest absolute Gasteiger partial charge is 0.387 e. The van der Waals surface area contributed by atoms with Crippen LogP contribution >= 0.6 is 0 Å². The average molecular weight is 265 g/mol. The van der Waals surface area contributed by atoms with Crippen molar-refractivity contribution in [3.05, 3.63) is 29.6 Å². The van der Waals surface area contributed by atoms with Gasteiger partial charge in [0.15, 0.2) is 0 Å². The van der Waals surface area contributed by atoms with E-state index in [1.54, 1.807) is 0 Å². The van der Waals surface area contributed by atoms with Crippen LogP contribution in [0.2, 0.25) is 0 Å². The Balaban J connectivity index is 3.04. The molecule has 0 fully saturated rings. The first-order valence-electron chi connectivity index (χ1n) is 5.26. The largest absolute Gasteiger partial charge is 0.434 e. The number of benzene rings is 1. The highest BCUT2D eigenvalue weighted by Crippen LogP contribution is 2.31. The van der Waals surface area contributed by atoms with Crippen LogP contribution in [-0.2, 0) is 0 Å².